The molecule has 0 fully saturated rings. The van der Waals surface area contributed by atoms with Crippen LogP contribution in [0, 0.1) is 0 Å². The molecule has 1 N–H and O–H groups in total. The van der Waals surface area contributed by atoms with E-state index in [-0.39, 0.29) is 5.78 Å². The maximum atomic E-state index is 12.1. The van der Waals surface area contributed by atoms with Gasteiger partial charge in [0.15, 0.2) is 5.78 Å². The number of Topliss-reactive ketones (excluding diaryl/α,β-unsaturated/α-hetero) is 1. The molecule has 1 aliphatic heterocycles. The van der Waals surface area contributed by atoms with Gasteiger partial charge in [-0.25, -0.2) is 0 Å². The van der Waals surface area contributed by atoms with Crippen molar-refractivity contribution < 1.29 is 28.8 Å². The summed E-state index contributed by atoms with van der Waals surface area (Å²) in [6, 6.07) is 1.65. The van der Waals surface area contributed by atoms with Crippen LogP contribution in [0.25, 0.3) is 0 Å². The van der Waals surface area contributed by atoms with Gasteiger partial charge in [-0.2, -0.15) is 0 Å². The van der Waals surface area contributed by atoms with Crippen LogP contribution >= 0.6 is 0 Å². The Morgan fingerprint density at radius 3 is 2.48 bits per heavy atom. The fourth-order valence-corrected chi connectivity index (χ4v) is 2.91. The molecule has 0 saturated heterocycles. The van der Waals surface area contributed by atoms with Crippen LogP contribution in [0.5, 0.6) is 17.2 Å². The van der Waals surface area contributed by atoms with E-state index in [4.69, 9.17) is 18.9 Å². The van der Waals surface area contributed by atoms with Gasteiger partial charge in [0, 0.05) is 12.7 Å². The molecular weight excluding hydrogens is 300 g/mol. The number of ketones is 1. The van der Waals surface area contributed by atoms with Gasteiger partial charge >= 0.3 is 0 Å². The third kappa shape index (κ3) is 2.88. The van der Waals surface area contributed by atoms with E-state index >= 15 is 0 Å². The minimum absolute atomic E-state index is 0.198. The largest absolute Gasteiger partial charge is 0.496 e. The Labute approximate surface area is 136 Å². The fraction of sp³-hybridized carbons (Fsp3) is 0.588. The van der Waals surface area contributed by atoms with Crippen LogP contribution < -0.4 is 14.2 Å². The van der Waals surface area contributed by atoms with Crippen LogP contribution in [0.2, 0.25) is 0 Å². The zero-order valence-corrected chi connectivity index (χ0v) is 14.4. The van der Waals surface area contributed by atoms with E-state index < -0.39 is 17.8 Å². The molecule has 23 heavy (non-hydrogen) atoms. The van der Waals surface area contributed by atoms with Gasteiger partial charge in [0.2, 0.25) is 0 Å². The van der Waals surface area contributed by atoms with Gasteiger partial charge in [-0.3, -0.25) is 4.79 Å². The number of methoxy groups -OCH3 is 2. The molecule has 1 aromatic rings. The number of hydrogen-bond acceptors (Lipinski definition) is 6. The molecule has 0 bridgehead atoms. The van der Waals surface area contributed by atoms with Gasteiger partial charge in [-0.15, -0.1) is 0 Å². The Bertz CT molecular complexity index is 608. The first-order chi connectivity index (χ1) is 10.8. The highest BCUT2D eigenvalue weighted by Crippen LogP contribution is 2.50. The van der Waals surface area contributed by atoms with E-state index in [1.165, 1.54) is 21.1 Å². The van der Waals surface area contributed by atoms with E-state index in [1.54, 1.807) is 19.9 Å². The van der Waals surface area contributed by atoms with Gasteiger partial charge in [-0.1, -0.05) is 0 Å². The molecule has 1 heterocycles. The summed E-state index contributed by atoms with van der Waals surface area (Å²) in [6.45, 7) is 7.25. The lowest BCUT2D eigenvalue weighted by Gasteiger charge is -2.42. The molecule has 0 saturated carbocycles. The van der Waals surface area contributed by atoms with E-state index in [1.807, 2.05) is 6.92 Å². The van der Waals surface area contributed by atoms with Gasteiger partial charge in [-0.05, 0) is 27.7 Å². The van der Waals surface area contributed by atoms with Crippen molar-refractivity contribution in [2.75, 3.05) is 20.8 Å². The summed E-state index contributed by atoms with van der Waals surface area (Å²) in [6.07, 6.45) is -1.56. The zero-order chi connectivity index (χ0) is 17.4. The van der Waals surface area contributed by atoms with Crippen LogP contribution in [0.3, 0.4) is 0 Å². The van der Waals surface area contributed by atoms with Crippen molar-refractivity contribution in [2.45, 2.75) is 45.5 Å². The van der Waals surface area contributed by atoms with Crippen molar-refractivity contribution in [2.24, 2.45) is 0 Å². The number of carbonyl (C=O) groups excluding carboxylic acids is 1. The second kappa shape index (κ2) is 6.37. The minimum atomic E-state index is -0.906. The Morgan fingerprint density at radius 1 is 1.35 bits per heavy atom. The Kier molecular flexibility index (Phi) is 4.87. The quantitative estimate of drug-likeness (QED) is 0.839. The maximum absolute atomic E-state index is 12.1. The predicted octanol–water partition coefficient (Wildman–Crippen LogP) is 2.52. The van der Waals surface area contributed by atoms with Crippen LogP contribution in [0.15, 0.2) is 6.07 Å². The second-order valence-corrected chi connectivity index (χ2v) is 5.98. The SMILES string of the molecule is CCOC1c2c(cc(OC)c(C(C)=O)c2OC)OC(C)(C)C1O. The summed E-state index contributed by atoms with van der Waals surface area (Å²) in [4.78, 5) is 12.1. The normalized spacial score (nSPS) is 22.0. The van der Waals surface area contributed by atoms with Gasteiger partial charge < -0.3 is 24.1 Å². The van der Waals surface area contributed by atoms with E-state index in [2.05, 4.69) is 0 Å². The molecule has 0 aliphatic carbocycles. The van der Waals surface area contributed by atoms with E-state index in [9.17, 15) is 9.90 Å². The summed E-state index contributed by atoms with van der Waals surface area (Å²) in [5.74, 6) is 0.976. The average Bonchev–Trinajstić information content (AvgIpc) is 2.49. The first-order valence-corrected chi connectivity index (χ1v) is 7.56. The van der Waals surface area contributed by atoms with Crippen LogP contribution in [-0.4, -0.2) is 43.4 Å². The molecular formula is C17H24O6. The average molecular weight is 324 g/mol. The Morgan fingerprint density at radius 2 is 2.00 bits per heavy atom. The van der Waals surface area contributed by atoms with Crippen molar-refractivity contribution in [3.63, 3.8) is 0 Å². The van der Waals surface area contributed by atoms with Crippen molar-refractivity contribution in [1.82, 2.24) is 0 Å². The first kappa shape index (κ1) is 17.6. The molecule has 1 aliphatic rings. The standard InChI is InChI=1S/C17H24O6/c1-7-22-15-13-11(23-17(3,4)16(15)19)8-10(20-5)12(9(2)18)14(13)21-6/h8,15-16,19H,7H2,1-6H3. The van der Waals surface area contributed by atoms with Crippen LogP contribution in [-0.2, 0) is 4.74 Å². The van der Waals surface area contributed by atoms with Crippen molar-refractivity contribution in [3.05, 3.63) is 17.2 Å². The Hall–Kier alpha value is -1.79. The predicted molar refractivity (Wildman–Crippen MR) is 84.6 cm³/mol. The number of aliphatic hydroxyl groups excluding tert-OH is 1. The van der Waals surface area contributed by atoms with Gasteiger partial charge in [0.05, 0.1) is 19.8 Å². The monoisotopic (exact) mass is 324 g/mol. The molecule has 6 nitrogen and oxygen atoms in total. The Balaban J connectivity index is 2.78. The number of benzene rings is 1. The molecule has 128 valence electrons. The fourth-order valence-electron chi connectivity index (χ4n) is 2.91. The first-order valence-electron chi connectivity index (χ1n) is 7.56. The highest BCUT2D eigenvalue weighted by Gasteiger charge is 2.46. The summed E-state index contributed by atoms with van der Waals surface area (Å²) in [7, 11) is 2.95. The van der Waals surface area contributed by atoms with Gasteiger partial charge in [0.1, 0.15) is 40.6 Å². The molecule has 0 spiro atoms. The summed E-state index contributed by atoms with van der Waals surface area (Å²) in [5, 5.41) is 10.6. The third-order valence-electron chi connectivity index (χ3n) is 4.02. The molecule has 0 radical (unpaired) electrons. The molecule has 2 atom stereocenters. The number of hydrogen-bond donors (Lipinski definition) is 1. The maximum Gasteiger partial charge on any atom is 0.167 e. The van der Waals surface area contributed by atoms with E-state index in [0.29, 0.717) is 35.0 Å². The molecule has 1 aromatic carbocycles. The topological polar surface area (TPSA) is 74.2 Å². The number of ether oxygens (including phenoxy) is 4. The number of rotatable bonds is 5. The molecule has 6 heteroatoms. The summed E-state index contributed by atoms with van der Waals surface area (Å²) < 4.78 is 22.5. The lowest BCUT2D eigenvalue weighted by molar-refractivity contribution is -0.133. The molecule has 2 rings (SSSR count). The van der Waals surface area contributed by atoms with Gasteiger partial charge in [0.25, 0.3) is 0 Å². The number of fused-ring (bicyclic) bond motifs is 1. The highest BCUT2D eigenvalue weighted by molar-refractivity contribution is 6.00. The smallest absolute Gasteiger partial charge is 0.167 e. The highest BCUT2D eigenvalue weighted by atomic mass is 16.5. The second-order valence-electron chi connectivity index (χ2n) is 5.98. The van der Waals surface area contributed by atoms with Crippen LogP contribution in [0.1, 0.15) is 49.7 Å². The molecule has 0 aromatic heterocycles. The van der Waals surface area contributed by atoms with Crippen molar-refractivity contribution in [3.8, 4) is 17.2 Å². The lowest BCUT2D eigenvalue weighted by atomic mass is 9.86. The molecule has 0 amide bonds. The lowest BCUT2D eigenvalue weighted by Crippen LogP contribution is -2.49. The summed E-state index contributed by atoms with van der Waals surface area (Å²) in [5.41, 5.74) is 0.00165. The van der Waals surface area contributed by atoms with Crippen molar-refractivity contribution >= 4 is 5.78 Å². The van der Waals surface area contributed by atoms with Crippen molar-refractivity contribution in [1.29, 1.82) is 0 Å². The summed E-state index contributed by atoms with van der Waals surface area (Å²) >= 11 is 0. The number of carbonyl (C=O) groups is 1. The minimum Gasteiger partial charge on any atom is -0.496 e. The zero-order valence-electron chi connectivity index (χ0n) is 14.4. The van der Waals surface area contributed by atoms with E-state index in [0.717, 1.165) is 0 Å². The van der Waals surface area contributed by atoms with Crippen LogP contribution in [0.4, 0.5) is 0 Å². The third-order valence-corrected chi connectivity index (χ3v) is 4.02. The molecule has 2 unspecified atom stereocenters. The number of aliphatic hydroxyl groups is 1.